The van der Waals surface area contributed by atoms with Gasteiger partial charge in [0.15, 0.2) is 11.5 Å². The number of hydrazine groups is 1. The van der Waals surface area contributed by atoms with E-state index >= 15 is 0 Å². The van der Waals surface area contributed by atoms with Crippen LogP contribution in [-0.4, -0.2) is 63.1 Å². The van der Waals surface area contributed by atoms with Gasteiger partial charge < -0.3 is 33.9 Å². The largest absolute Gasteiger partial charge is 0.497 e. The van der Waals surface area contributed by atoms with E-state index in [1.165, 1.54) is 36.2 Å². The summed E-state index contributed by atoms with van der Waals surface area (Å²) in [5.74, 6) is 2.75. The Balaban J connectivity index is 1.14. The van der Waals surface area contributed by atoms with Crippen molar-refractivity contribution < 1.29 is 32.8 Å². The molecule has 2 N–H and O–H groups in total. The van der Waals surface area contributed by atoms with Gasteiger partial charge in [0.1, 0.15) is 40.0 Å². The highest BCUT2D eigenvalue weighted by Gasteiger charge is 2.37. The van der Waals surface area contributed by atoms with E-state index < -0.39 is 22.9 Å². The maximum atomic E-state index is 14.9. The molecule has 344 valence electrons. The molecule has 4 heterocycles. The molecule has 0 spiro atoms. The van der Waals surface area contributed by atoms with Gasteiger partial charge in [-0.2, -0.15) is 10.0 Å². The minimum atomic E-state index is -0.762. The number of amides is 4. The fraction of sp³-hybridized carbons (Fsp3) is 0.250. The van der Waals surface area contributed by atoms with E-state index in [1.807, 2.05) is 97.0 Å². The van der Waals surface area contributed by atoms with Gasteiger partial charge in [0, 0.05) is 61.0 Å². The molecule has 67 heavy (non-hydrogen) atoms. The third-order valence-corrected chi connectivity index (χ3v) is 12.1. The number of benzene rings is 4. The highest BCUT2D eigenvalue weighted by molar-refractivity contribution is 7.99. The lowest BCUT2D eigenvalue weighted by atomic mass is 9.93. The number of aromatic nitrogens is 6. The zero-order valence-corrected chi connectivity index (χ0v) is 39.9. The number of nitrogens with one attached hydrogen (secondary N) is 2. The van der Waals surface area contributed by atoms with Crippen LogP contribution in [0.15, 0.2) is 133 Å². The molecule has 17 nitrogen and oxygen atoms in total. The topological polar surface area (TPSA) is 196 Å². The third kappa shape index (κ3) is 10.4. The van der Waals surface area contributed by atoms with E-state index in [2.05, 4.69) is 40.9 Å². The molecule has 8 rings (SSSR count). The lowest BCUT2D eigenvalue weighted by Crippen LogP contribution is -2.54. The summed E-state index contributed by atoms with van der Waals surface area (Å²) in [7, 11) is 3.18. The maximum Gasteiger partial charge on any atom is 0.347 e. The number of rotatable bonds is 12. The Labute approximate surface area is 394 Å². The van der Waals surface area contributed by atoms with E-state index in [1.54, 1.807) is 56.7 Å². The SMILES string of the molecule is CCOc1cc2ncnc(Sc3cccc(NC(=O)N(c4cc(C(C)(C)C)on4)N(C(=O)Nc4cccc(Sc5ncnc6ccc(OC)cc56)c4)c4cc(C(C)(C)C)on4)c3)c2cc1OC. The minimum absolute atomic E-state index is 0.00612. The average Bonchev–Trinajstić information content (AvgIpc) is 4.00. The van der Waals surface area contributed by atoms with E-state index in [-0.39, 0.29) is 11.6 Å². The van der Waals surface area contributed by atoms with E-state index in [0.717, 1.165) is 36.1 Å². The molecular formula is C48H48N10O7S2. The fourth-order valence-corrected chi connectivity index (χ4v) is 8.51. The monoisotopic (exact) mass is 940 g/mol. The molecule has 0 atom stereocenters. The number of hydrogen-bond donors (Lipinski definition) is 2. The van der Waals surface area contributed by atoms with Crippen LogP contribution in [0.25, 0.3) is 21.8 Å². The maximum absolute atomic E-state index is 14.9. The first-order valence-electron chi connectivity index (χ1n) is 21.1. The van der Waals surface area contributed by atoms with Crippen LogP contribution in [0.1, 0.15) is 60.0 Å². The van der Waals surface area contributed by atoms with Crippen LogP contribution in [0.5, 0.6) is 17.2 Å². The van der Waals surface area contributed by atoms with Crippen molar-refractivity contribution in [3.05, 3.63) is 115 Å². The van der Waals surface area contributed by atoms with Gasteiger partial charge in [0.2, 0.25) is 11.6 Å². The molecule has 0 fully saturated rings. The Morgan fingerprint density at radius 1 is 0.612 bits per heavy atom. The van der Waals surface area contributed by atoms with E-state index in [9.17, 15) is 9.59 Å². The third-order valence-electron chi connectivity index (χ3n) is 10.1. The summed E-state index contributed by atoms with van der Waals surface area (Å²) < 4.78 is 28.4. The summed E-state index contributed by atoms with van der Waals surface area (Å²) in [6.07, 6.45) is 2.99. The van der Waals surface area contributed by atoms with Crippen LogP contribution in [0.3, 0.4) is 0 Å². The average molecular weight is 941 g/mol. The summed E-state index contributed by atoms with van der Waals surface area (Å²) in [6, 6.07) is 25.4. The van der Waals surface area contributed by atoms with Gasteiger partial charge >= 0.3 is 12.1 Å². The van der Waals surface area contributed by atoms with Crippen molar-refractivity contribution in [2.45, 2.75) is 79.1 Å². The van der Waals surface area contributed by atoms with E-state index in [0.29, 0.717) is 62.3 Å². The zero-order valence-electron chi connectivity index (χ0n) is 38.3. The van der Waals surface area contributed by atoms with Crippen molar-refractivity contribution in [2.24, 2.45) is 0 Å². The molecule has 8 aromatic rings. The quantitative estimate of drug-likeness (QED) is 0.0866. The van der Waals surface area contributed by atoms with Gasteiger partial charge in [-0.1, -0.05) is 87.5 Å². The molecule has 0 saturated heterocycles. The molecule has 0 radical (unpaired) electrons. The normalized spacial score (nSPS) is 11.7. The number of carbonyl (C=O) groups excluding carboxylic acids is 2. The van der Waals surface area contributed by atoms with Crippen LogP contribution in [0, 0.1) is 0 Å². The first-order valence-corrected chi connectivity index (χ1v) is 22.7. The number of urea groups is 2. The second-order valence-corrected chi connectivity index (χ2v) is 19.2. The lowest BCUT2D eigenvalue weighted by Gasteiger charge is -2.30. The summed E-state index contributed by atoms with van der Waals surface area (Å²) in [5, 5.41) is 19.6. The molecule has 0 aliphatic rings. The van der Waals surface area contributed by atoms with E-state index in [4.69, 9.17) is 23.3 Å². The Kier molecular flexibility index (Phi) is 13.2. The van der Waals surface area contributed by atoms with Crippen LogP contribution < -0.4 is 34.9 Å². The first kappa shape index (κ1) is 46.2. The molecule has 19 heteroatoms. The number of hydrogen-bond acceptors (Lipinski definition) is 15. The first-order chi connectivity index (χ1) is 32.1. The van der Waals surface area contributed by atoms with Crippen molar-refractivity contribution in [1.82, 2.24) is 30.2 Å². The van der Waals surface area contributed by atoms with Crippen LogP contribution in [0.2, 0.25) is 0 Å². The molecule has 0 aliphatic heterocycles. The van der Waals surface area contributed by atoms with Gasteiger partial charge in [0.05, 0.1) is 31.9 Å². The molecule has 0 saturated carbocycles. The number of fused-ring (bicyclic) bond motifs is 2. The summed E-state index contributed by atoms with van der Waals surface area (Å²) >= 11 is 2.77. The summed E-state index contributed by atoms with van der Waals surface area (Å²) in [5.41, 5.74) is 1.25. The number of carbonyl (C=O) groups is 2. The molecule has 4 aromatic carbocycles. The van der Waals surface area contributed by atoms with Crippen molar-refractivity contribution in [1.29, 1.82) is 0 Å². The molecule has 4 aromatic heterocycles. The second-order valence-electron chi connectivity index (χ2n) is 17.0. The van der Waals surface area contributed by atoms with Crippen LogP contribution in [0.4, 0.5) is 32.6 Å². The van der Waals surface area contributed by atoms with Gasteiger partial charge in [-0.25, -0.2) is 29.5 Å². The Hall–Kier alpha value is -7.38. The Morgan fingerprint density at radius 2 is 1.13 bits per heavy atom. The van der Waals surface area contributed by atoms with Crippen molar-refractivity contribution in [2.75, 3.05) is 41.5 Å². The highest BCUT2D eigenvalue weighted by atomic mass is 32.2. The Bertz CT molecular complexity index is 3090. The van der Waals surface area contributed by atoms with Crippen molar-refractivity contribution >= 4 is 80.4 Å². The predicted octanol–water partition coefficient (Wildman–Crippen LogP) is 11.6. The van der Waals surface area contributed by atoms with Crippen LogP contribution in [-0.2, 0) is 10.8 Å². The standard InChI is InChI=1S/C48H48N10O7S2/c1-10-63-38-23-36-34(22-37(38)62-9)44(52-27-50-36)67-32-16-12-14-29(20-32)54-46(60)58(42-25-40(65-56-42)48(5,6)7)57(41-24-39(64-55-41)47(2,3)4)45(59)53-28-13-11-15-31(19-28)66-43-33-21-30(61-8)17-18-35(33)49-26-51-43/h11-27H,10H2,1-9H3,(H,53,59)(H,54,60). The fourth-order valence-electron chi connectivity index (χ4n) is 6.65. The Morgan fingerprint density at radius 3 is 1.61 bits per heavy atom. The summed E-state index contributed by atoms with van der Waals surface area (Å²) in [4.78, 5) is 49.3. The van der Waals surface area contributed by atoms with Gasteiger partial charge in [0.25, 0.3) is 0 Å². The smallest absolute Gasteiger partial charge is 0.347 e. The zero-order chi connectivity index (χ0) is 47.5. The van der Waals surface area contributed by atoms with Crippen molar-refractivity contribution in [3.8, 4) is 17.2 Å². The number of methoxy groups -OCH3 is 2. The minimum Gasteiger partial charge on any atom is -0.497 e. The summed E-state index contributed by atoms with van der Waals surface area (Å²) in [6.45, 7) is 14.0. The molecule has 0 aliphatic carbocycles. The second kappa shape index (κ2) is 19.2. The van der Waals surface area contributed by atoms with Crippen LogP contribution >= 0.6 is 23.5 Å². The predicted molar refractivity (Wildman–Crippen MR) is 258 cm³/mol. The number of anilines is 4. The molecule has 0 bridgehead atoms. The van der Waals surface area contributed by atoms with Crippen molar-refractivity contribution in [3.63, 3.8) is 0 Å². The lowest BCUT2D eigenvalue weighted by molar-refractivity contribution is 0.247. The molecule has 4 amide bonds. The van der Waals surface area contributed by atoms with Gasteiger partial charge in [-0.3, -0.25) is 0 Å². The molecule has 0 unspecified atom stereocenters. The number of nitrogens with zero attached hydrogens (tertiary/aromatic N) is 8. The van der Waals surface area contributed by atoms with Gasteiger partial charge in [-0.05, 0) is 67.6 Å². The number of ether oxygens (including phenoxy) is 3. The highest BCUT2D eigenvalue weighted by Crippen LogP contribution is 2.39. The van der Waals surface area contributed by atoms with Gasteiger partial charge in [-0.15, -0.1) is 0 Å². The molecular weight excluding hydrogens is 893 g/mol.